The average molecular weight is 223 g/mol. The lowest BCUT2D eigenvalue weighted by molar-refractivity contribution is -0.120. The van der Waals surface area contributed by atoms with Crippen LogP contribution in [0, 0.1) is 0 Å². The Hall–Kier alpha value is -0.660. The first-order valence-electron chi connectivity index (χ1n) is 4.45. The van der Waals surface area contributed by atoms with Crippen molar-refractivity contribution in [2.45, 2.75) is 20.3 Å². The summed E-state index contributed by atoms with van der Waals surface area (Å²) in [6.45, 7) is 4.35. The normalized spacial score (nSPS) is 11.7. The lowest BCUT2D eigenvalue weighted by Gasteiger charge is -2.17. The first-order chi connectivity index (χ1) is 6.47. The number of sulfonamides is 1. The standard InChI is InChI=1S/C7H17N3O3S/c1-3-10(4-2)14(12,13)6-5-7(11)9-8/h3-6,8H2,1-2H3,(H,9,11). The van der Waals surface area contributed by atoms with Crippen LogP contribution in [0.25, 0.3) is 0 Å². The van der Waals surface area contributed by atoms with Crippen LogP contribution < -0.4 is 11.3 Å². The molecule has 0 fully saturated rings. The Morgan fingerprint density at radius 3 is 2.21 bits per heavy atom. The van der Waals surface area contributed by atoms with Gasteiger partial charge in [0.05, 0.1) is 5.75 Å². The van der Waals surface area contributed by atoms with E-state index in [4.69, 9.17) is 5.84 Å². The zero-order chi connectivity index (χ0) is 11.2. The Labute approximate surface area is 84.5 Å². The molecule has 0 aromatic heterocycles. The van der Waals surface area contributed by atoms with Crippen LogP contribution in [-0.2, 0) is 14.8 Å². The maximum absolute atomic E-state index is 11.5. The van der Waals surface area contributed by atoms with Crippen molar-refractivity contribution >= 4 is 15.9 Å². The molecule has 0 saturated heterocycles. The van der Waals surface area contributed by atoms with Crippen molar-refractivity contribution in [3.05, 3.63) is 0 Å². The molecule has 84 valence electrons. The molecule has 0 aromatic carbocycles. The van der Waals surface area contributed by atoms with E-state index in [-0.39, 0.29) is 12.2 Å². The molecule has 0 aliphatic heterocycles. The Bertz CT molecular complexity index is 272. The lowest BCUT2D eigenvalue weighted by Crippen LogP contribution is -2.36. The van der Waals surface area contributed by atoms with Crippen molar-refractivity contribution < 1.29 is 13.2 Å². The van der Waals surface area contributed by atoms with Crippen molar-refractivity contribution in [2.75, 3.05) is 18.8 Å². The van der Waals surface area contributed by atoms with Crippen LogP contribution in [0.1, 0.15) is 20.3 Å². The van der Waals surface area contributed by atoms with Crippen LogP contribution in [0.2, 0.25) is 0 Å². The Morgan fingerprint density at radius 2 is 1.86 bits per heavy atom. The van der Waals surface area contributed by atoms with Gasteiger partial charge in [-0.3, -0.25) is 10.2 Å². The predicted molar refractivity (Wildman–Crippen MR) is 53.7 cm³/mol. The highest BCUT2D eigenvalue weighted by molar-refractivity contribution is 7.89. The molecule has 1 amide bonds. The SMILES string of the molecule is CCN(CC)S(=O)(=O)CCC(=O)NN. The second-order valence-corrected chi connectivity index (χ2v) is 4.81. The van der Waals surface area contributed by atoms with Gasteiger partial charge in [0.15, 0.2) is 0 Å². The number of nitrogens with one attached hydrogen (secondary N) is 1. The van der Waals surface area contributed by atoms with Crippen LogP contribution >= 0.6 is 0 Å². The van der Waals surface area contributed by atoms with E-state index in [1.807, 2.05) is 5.43 Å². The summed E-state index contributed by atoms with van der Waals surface area (Å²) >= 11 is 0. The summed E-state index contributed by atoms with van der Waals surface area (Å²) in [5, 5.41) is 0. The fraction of sp³-hybridized carbons (Fsp3) is 0.857. The Kier molecular flexibility index (Phi) is 5.66. The Balaban J connectivity index is 4.27. The van der Waals surface area contributed by atoms with Gasteiger partial charge in [0.2, 0.25) is 15.9 Å². The molecule has 0 unspecified atom stereocenters. The van der Waals surface area contributed by atoms with Gasteiger partial charge >= 0.3 is 0 Å². The summed E-state index contributed by atoms with van der Waals surface area (Å²) < 4.78 is 24.4. The highest BCUT2D eigenvalue weighted by atomic mass is 32.2. The summed E-state index contributed by atoms with van der Waals surface area (Å²) in [7, 11) is -3.31. The average Bonchev–Trinajstić information content (AvgIpc) is 2.15. The third-order valence-electron chi connectivity index (χ3n) is 1.85. The second-order valence-electron chi connectivity index (χ2n) is 2.72. The summed E-state index contributed by atoms with van der Waals surface area (Å²) in [5.41, 5.74) is 1.89. The number of amides is 1. The zero-order valence-electron chi connectivity index (χ0n) is 8.49. The molecular formula is C7H17N3O3S. The molecule has 6 nitrogen and oxygen atoms in total. The number of nitrogens with zero attached hydrogens (tertiary/aromatic N) is 1. The highest BCUT2D eigenvalue weighted by Crippen LogP contribution is 2.02. The molecule has 0 saturated carbocycles. The number of nitrogens with two attached hydrogens (primary N) is 1. The van der Waals surface area contributed by atoms with Crippen molar-refractivity contribution in [1.82, 2.24) is 9.73 Å². The number of carbonyl (C=O) groups is 1. The van der Waals surface area contributed by atoms with Gasteiger partial charge in [-0.15, -0.1) is 0 Å². The van der Waals surface area contributed by atoms with E-state index >= 15 is 0 Å². The second kappa shape index (κ2) is 5.94. The van der Waals surface area contributed by atoms with E-state index in [2.05, 4.69) is 0 Å². The van der Waals surface area contributed by atoms with Crippen LogP contribution in [0.5, 0.6) is 0 Å². The summed E-state index contributed by atoms with van der Waals surface area (Å²) in [6, 6.07) is 0. The molecule has 0 radical (unpaired) electrons. The first kappa shape index (κ1) is 13.3. The molecule has 0 rings (SSSR count). The van der Waals surface area contributed by atoms with Crippen LogP contribution in [0.3, 0.4) is 0 Å². The summed E-state index contributed by atoms with van der Waals surface area (Å²) in [5.74, 6) is 4.17. The fourth-order valence-corrected chi connectivity index (χ4v) is 2.53. The molecule has 14 heavy (non-hydrogen) atoms. The van der Waals surface area contributed by atoms with Gasteiger partial charge in [0.1, 0.15) is 0 Å². The van der Waals surface area contributed by atoms with Gasteiger partial charge in [-0.1, -0.05) is 13.8 Å². The first-order valence-corrected chi connectivity index (χ1v) is 6.06. The molecule has 7 heteroatoms. The number of hydrazine groups is 1. The maximum atomic E-state index is 11.5. The lowest BCUT2D eigenvalue weighted by atomic mass is 10.5. The van der Waals surface area contributed by atoms with Gasteiger partial charge in [-0.2, -0.15) is 0 Å². The third kappa shape index (κ3) is 4.03. The third-order valence-corrected chi connectivity index (χ3v) is 3.87. The van der Waals surface area contributed by atoms with Gasteiger partial charge in [-0.25, -0.2) is 18.6 Å². The van der Waals surface area contributed by atoms with Crippen molar-refractivity contribution in [1.29, 1.82) is 0 Å². The zero-order valence-corrected chi connectivity index (χ0v) is 9.30. The minimum Gasteiger partial charge on any atom is -0.294 e. The van der Waals surface area contributed by atoms with Crippen LogP contribution in [0.4, 0.5) is 0 Å². The van der Waals surface area contributed by atoms with Gasteiger partial charge in [0.25, 0.3) is 0 Å². The van der Waals surface area contributed by atoms with E-state index in [0.717, 1.165) is 0 Å². The number of hydrogen-bond donors (Lipinski definition) is 2. The monoisotopic (exact) mass is 223 g/mol. The van der Waals surface area contributed by atoms with E-state index in [9.17, 15) is 13.2 Å². The summed E-state index contributed by atoms with van der Waals surface area (Å²) in [4.78, 5) is 10.7. The summed E-state index contributed by atoms with van der Waals surface area (Å²) in [6.07, 6.45) is -0.102. The van der Waals surface area contributed by atoms with Crippen LogP contribution in [0.15, 0.2) is 0 Å². The fourth-order valence-electron chi connectivity index (χ4n) is 1.04. The highest BCUT2D eigenvalue weighted by Gasteiger charge is 2.19. The predicted octanol–water partition coefficient (Wildman–Crippen LogP) is -0.962. The topological polar surface area (TPSA) is 92.5 Å². The smallest absolute Gasteiger partial charge is 0.234 e. The molecule has 0 atom stereocenters. The van der Waals surface area contributed by atoms with Gasteiger partial charge in [0, 0.05) is 19.5 Å². The minimum absolute atomic E-state index is 0.102. The molecule has 0 bridgehead atoms. The maximum Gasteiger partial charge on any atom is 0.234 e. The quantitative estimate of drug-likeness (QED) is 0.344. The van der Waals surface area contributed by atoms with E-state index in [1.165, 1.54) is 4.31 Å². The molecule has 0 aliphatic rings. The minimum atomic E-state index is -3.31. The van der Waals surface area contributed by atoms with Gasteiger partial charge < -0.3 is 0 Å². The molecule has 0 spiro atoms. The van der Waals surface area contributed by atoms with E-state index < -0.39 is 15.9 Å². The van der Waals surface area contributed by atoms with E-state index in [0.29, 0.717) is 13.1 Å². The van der Waals surface area contributed by atoms with Crippen molar-refractivity contribution in [3.8, 4) is 0 Å². The Morgan fingerprint density at radius 1 is 1.36 bits per heavy atom. The molecule has 0 aromatic rings. The van der Waals surface area contributed by atoms with Crippen molar-refractivity contribution in [2.24, 2.45) is 5.84 Å². The number of carbonyl (C=O) groups excluding carboxylic acids is 1. The van der Waals surface area contributed by atoms with Crippen LogP contribution in [-0.4, -0.2) is 37.5 Å². The van der Waals surface area contributed by atoms with Crippen molar-refractivity contribution in [3.63, 3.8) is 0 Å². The molecule has 3 N–H and O–H groups in total. The van der Waals surface area contributed by atoms with E-state index in [1.54, 1.807) is 13.8 Å². The van der Waals surface area contributed by atoms with Gasteiger partial charge in [-0.05, 0) is 0 Å². The number of rotatable bonds is 6. The molecule has 0 aliphatic carbocycles. The number of hydrogen-bond acceptors (Lipinski definition) is 4. The largest absolute Gasteiger partial charge is 0.294 e. The molecular weight excluding hydrogens is 206 g/mol. The molecule has 0 heterocycles.